The average Bonchev–Trinajstić information content (AvgIpc) is 2.43. The molecule has 21 heavy (non-hydrogen) atoms. The highest BCUT2D eigenvalue weighted by molar-refractivity contribution is 7.89. The third-order valence-electron chi connectivity index (χ3n) is 2.31. The fraction of sp³-hybridized carbons (Fsp3) is 0.167. The zero-order valence-corrected chi connectivity index (χ0v) is 11.7. The van der Waals surface area contributed by atoms with Crippen LogP contribution in [0.25, 0.3) is 0 Å². The van der Waals surface area contributed by atoms with E-state index in [4.69, 9.17) is 15.5 Å². The second-order valence-corrected chi connectivity index (χ2v) is 5.43. The number of hydrogen-bond acceptors (Lipinski definition) is 6. The van der Waals surface area contributed by atoms with E-state index in [0.717, 1.165) is 0 Å². The first kappa shape index (κ1) is 16.6. The zero-order chi connectivity index (χ0) is 15.9. The number of nitrogens with two attached hydrogens (primary N) is 1. The number of amides is 1. The number of aliphatic hydroxyl groups excluding tert-OH is 1. The minimum atomic E-state index is -3.79. The van der Waals surface area contributed by atoms with Gasteiger partial charge in [-0.2, -0.15) is 5.26 Å². The molecular formula is C12H14N4O4S. The van der Waals surface area contributed by atoms with Gasteiger partial charge in [0.1, 0.15) is 11.6 Å². The first-order chi connectivity index (χ1) is 9.88. The SMILES string of the molecule is N#C/C(=C/NCCO)C(=O)Nc1ccc(S(N)(=O)=O)cc1. The van der Waals surface area contributed by atoms with Crippen molar-refractivity contribution < 1.29 is 18.3 Å². The van der Waals surface area contributed by atoms with Crippen LogP contribution < -0.4 is 15.8 Å². The number of carbonyl (C=O) groups is 1. The van der Waals surface area contributed by atoms with Crippen molar-refractivity contribution >= 4 is 21.6 Å². The Labute approximate surface area is 121 Å². The van der Waals surface area contributed by atoms with Gasteiger partial charge in [-0.25, -0.2) is 13.6 Å². The van der Waals surface area contributed by atoms with E-state index < -0.39 is 15.9 Å². The monoisotopic (exact) mass is 310 g/mol. The lowest BCUT2D eigenvalue weighted by Crippen LogP contribution is -2.18. The largest absolute Gasteiger partial charge is 0.395 e. The summed E-state index contributed by atoms with van der Waals surface area (Å²) in [7, 11) is -3.79. The Kier molecular flexibility index (Phi) is 5.86. The van der Waals surface area contributed by atoms with Crippen molar-refractivity contribution in [2.24, 2.45) is 5.14 Å². The van der Waals surface area contributed by atoms with Crippen LogP contribution in [0.2, 0.25) is 0 Å². The van der Waals surface area contributed by atoms with Crippen LogP contribution in [0.1, 0.15) is 0 Å². The normalized spacial score (nSPS) is 11.6. The van der Waals surface area contributed by atoms with Crippen LogP contribution in [0.4, 0.5) is 5.69 Å². The molecule has 0 spiro atoms. The zero-order valence-electron chi connectivity index (χ0n) is 10.9. The molecule has 5 N–H and O–H groups in total. The van der Waals surface area contributed by atoms with Crippen LogP contribution in [-0.4, -0.2) is 32.6 Å². The third kappa shape index (κ3) is 5.23. The third-order valence-corrected chi connectivity index (χ3v) is 3.24. The first-order valence-electron chi connectivity index (χ1n) is 5.77. The van der Waals surface area contributed by atoms with E-state index in [0.29, 0.717) is 5.69 Å². The molecule has 112 valence electrons. The fourth-order valence-corrected chi connectivity index (χ4v) is 1.83. The van der Waals surface area contributed by atoms with E-state index in [1.54, 1.807) is 6.07 Å². The van der Waals surface area contributed by atoms with Gasteiger partial charge in [-0.1, -0.05) is 0 Å². The van der Waals surface area contributed by atoms with Crippen LogP contribution >= 0.6 is 0 Å². The van der Waals surface area contributed by atoms with Crippen molar-refractivity contribution in [3.63, 3.8) is 0 Å². The Hall–Kier alpha value is -2.41. The van der Waals surface area contributed by atoms with Gasteiger partial charge in [-0.15, -0.1) is 0 Å². The van der Waals surface area contributed by atoms with E-state index in [2.05, 4.69) is 10.6 Å². The van der Waals surface area contributed by atoms with Crippen LogP contribution in [-0.2, 0) is 14.8 Å². The smallest absolute Gasteiger partial charge is 0.267 e. The van der Waals surface area contributed by atoms with Gasteiger partial charge in [0.25, 0.3) is 5.91 Å². The molecule has 9 heteroatoms. The number of nitriles is 1. The lowest BCUT2D eigenvalue weighted by Gasteiger charge is -2.05. The quantitative estimate of drug-likeness (QED) is 0.309. The number of aliphatic hydroxyl groups is 1. The molecule has 1 aromatic rings. The molecule has 0 aliphatic carbocycles. The van der Waals surface area contributed by atoms with Gasteiger partial charge < -0.3 is 15.7 Å². The number of primary sulfonamides is 1. The summed E-state index contributed by atoms with van der Waals surface area (Å²) in [6, 6.07) is 6.90. The average molecular weight is 310 g/mol. The summed E-state index contributed by atoms with van der Waals surface area (Å²) >= 11 is 0. The van der Waals surface area contributed by atoms with Gasteiger partial charge in [0, 0.05) is 18.4 Å². The predicted octanol–water partition coefficient (Wildman–Crippen LogP) is -0.738. The number of nitrogens with one attached hydrogen (secondary N) is 2. The Morgan fingerprint density at radius 2 is 2.00 bits per heavy atom. The first-order valence-corrected chi connectivity index (χ1v) is 7.32. The maximum absolute atomic E-state index is 11.8. The van der Waals surface area contributed by atoms with E-state index in [-0.39, 0.29) is 23.6 Å². The molecule has 0 fully saturated rings. The van der Waals surface area contributed by atoms with Crippen molar-refractivity contribution in [3.8, 4) is 6.07 Å². The summed E-state index contributed by atoms with van der Waals surface area (Å²) < 4.78 is 22.2. The van der Waals surface area contributed by atoms with E-state index >= 15 is 0 Å². The second-order valence-electron chi connectivity index (χ2n) is 3.87. The van der Waals surface area contributed by atoms with Gasteiger partial charge in [0.2, 0.25) is 10.0 Å². The van der Waals surface area contributed by atoms with Crippen molar-refractivity contribution in [2.75, 3.05) is 18.5 Å². The molecule has 0 atom stereocenters. The molecule has 1 amide bonds. The maximum Gasteiger partial charge on any atom is 0.267 e. The lowest BCUT2D eigenvalue weighted by molar-refractivity contribution is -0.112. The topological polar surface area (TPSA) is 145 Å². The van der Waals surface area contributed by atoms with Crippen LogP contribution in [0, 0.1) is 11.3 Å². The van der Waals surface area contributed by atoms with Crippen molar-refractivity contribution in [1.82, 2.24) is 5.32 Å². The molecule has 0 heterocycles. The summed E-state index contributed by atoms with van der Waals surface area (Å²) in [6.07, 6.45) is 1.18. The fourth-order valence-electron chi connectivity index (χ4n) is 1.31. The number of nitrogens with zero attached hydrogens (tertiary/aromatic N) is 1. The van der Waals surface area contributed by atoms with Gasteiger partial charge in [-0.3, -0.25) is 4.79 Å². The van der Waals surface area contributed by atoms with Gasteiger partial charge in [-0.05, 0) is 24.3 Å². The van der Waals surface area contributed by atoms with E-state index in [9.17, 15) is 13.2 Å². The highest BCUT2D eigenvalue weighted by Crippen LogP contribution is 2.13. The molecule has 0 saturated heterocycles. The van der Waals surface area contributed by atoms with Crippen molar-refractivity contribution in [1.29, 1.82) is 5.26 Å². The minimum absolute atomic E-state index is 0.0823. The van der Waals surface area contributed by atoms with Gasteiger partial charge >= 0.3 is 0 Å². The van der Waals surface area contributed by atoms with Crippen LogP contribution in [0.3, 0.4) is 0 Å². The molecule has 0 radical (unpaired) electrons. The summed E-state index contributed by atoms with van der Waals surface area (Å²) in [5.41, 5.74) is 0.134. The molecule has 1 aromatic carbocycles. The highest BCUT2D eigenvalue weighted by Gasteiger charge is 2.11. The molecule has 0 unspecified atom stereocenters. The number of benzene rings is 1. The Morgan fingerprint density at radius 1 is 1.38 bits per heavy atom. The highest BCUT2D eigenvalue weighted by atomic mass is 32.2. The van der Waals surface area contributed by atoms with Gasteiger partial charge in [0.05, 0.1) is 11.5 Å². The second kappa shape index (κ2) is 7.39. The lowest BCUT2D eigenvalue weighted by atomic mass is 10.2. The number of sulfonamides is 1. The Morgan fingerprint density at radius 3 is 2.48 bits per heavy atom. The Balaban J connectivity index is 2.79. The molecule has 0 saturated carbocycles. The Bertz CT molecular complexity index is 674. The summed E-state index contributed by atoms with van der Waals surface area (Å²) in [5, 5.41) is 27.4. The number of rotatable bonds is 6. The maximum atomic E-state index is 11.8. The summed E-state index contributed by atoms with van der Waals surface area (Å²) in [6.45, 7) is 0.0768. The minimum Gasteiger partial charge on any atom is -0.395 e. The molecular weight excluding hydrogens is 296 g/mol. The molecule has 0 aromatic heterocycles. The van der Waals surface area contributed by atoms with Crippen LogP contribution in [0.5, 0.6) is 0 Å². The predicted molar refractivity (Wildman–Crippen MR) is 75.2 cm³/mol. The molecule has 1 rings (SSSR count). The van der Waals surface area contributed by atoms with Crippen LogP contribution in [0.15, 0.2) is 40.9 Å². The number of carbonyl (C=O) groups excluding carboxylic acids is 1. The molecule has 8 nitrogen and oxygen atoms in total. The molecule has 0 aliphatic heterocycles. The van der Waals surface area contributed by atoms with E-state index in [1.165, 1.54) is 30.5 Å². The summed E-state index contributed by atoms with van der Waals surface area (Å²) in [4.78, 5) is 11.7. The number of anilines is 1. The van der Waals surface area contributed by atoms with E-state index in [1.807, 2.05) is 0 Å². The summed E-state index contributed by atoms with van der Waals surface area (Å²) in [5.74, 6) is -0.661. The van der Waals surface area contributed by atoms with Gasteiger partial charge in [0.15, 0.2) is 0 Å². The molecule has 0 bridgehead atoms. The standard InChI is InChI=1S/C12H14N4O4S/c13-7-9(8-15-5-6-17)12(18)16-10-1-3-11(4-2-10)21(14,19)20/h1-4,8,15,17H,5-6H2,(H,16,18)(H2,14,19,20)/b9-8-. The van der Waals surface area contributed by atoms with Crippen molar-refractivity contribution in [2.45, 2.75) is 4.90 Å². The van der Waals surface area contributed by atoms with Crippen molar-refractivity contribution in [3.05, 3.63) is 36.0 Å². The molecule has 0 aliphatic rings. The number of hydrogen-bond donors (Lipinski definition) is 4.